The first-order valence-corrected chi connectivity index (χ1v) is 6.42. The molecule has 0 fully saturated rings. The number of hydrogen-bond acceptors (Lipinski definition) is 3. The standard InChI is InChI=1S/C16H19NO3/c1-9-10(2)15(17-11(9)3)16(18)13-8-12(19-4)6-7-14(13)20-5/h6-8,17H,1-5H3. The fourth-order valence-electron chi connectivity index (χ4n) is 2.20. The van der Waals surface area contributed by atoms with Crippen molar-refractivity contribution in [2.75, 3.05) is 14.2 Å². The lowest BCUT2D eigenvalue weighted by Gasteiger charge is -2.09. The maximum Gasteiger partial charge on any atom is 0.213 e. The van der Waals surface area contributed by atoms with Gasteiger partial charge in [-0.1, -0.05) is 0 Å². The summed E-state index contributed by atoms with van der Waals surface area (Å²) in [5.74, 6) is 1.08. The lowest BCUT2D eigenvalue weighted by Crippen LogP contribution is -2.06. The normalized spacial score (nSPS) is 10.4. The minimum Gasteiger partial charge on any atom is -0.497 e. The zero-order valence-corrected chi connectivity index (χ0v) is 12.5. The molecule has 1 aromatic heterocycles. The van der Waals surface area contributed by atoms with Crippen molar-refractivity contribution >= 4 is 5.78 Å². The number of aromatic amines is 1. The van der Waals surface area contributed by atoms with Gasteiger partial charge in [0, 0.05) is 5.69 Å². The second-order valence-electron chi connectivity index (χ2n) is 4.77. The van der Waals surface area contributed by atoms with Gasteiger partial charge in [0.05, 0.1) is 25.5 Å². The number of aryl methyl sites for hydroxylation is 1. The Kier molecular flexibility index (Phi) is 3.84. The second-order valence-corrected chi connectivity index (χ2v) is 4.77. The van der Waals surface area contributed by atoms with Crippen LogP contribution in [0.1, 0.15) is 32.9 Å². The molecule has 0 aliphatic rings. The number of carbonyl (C=O) groups excluding carboxylic acids is 1. The summed E-state index contributed by atoms with van der Waals surface area (Å²) in [5.41, 5.74) is 4.18. The highest BCUT2D eigenvalue weighted by Gasteiger charge is 2.20. The van der Waals surface area contributed by atoms with E-state index in [9.17, 15) is 4.79 Å². The first-order valence-electron chi connectivity index (χ1n) is 6.42. The Morgan fingerprint density at radius 1 is 1.05 bits per heavy atom. The molecule has 0 aliphatic carbocycles. The minimum atomic E-state index is -0.0885. The van der Waals surface area contributed by atoms with Crippen LogP contribution in [0.2, 0.25) is 0 Å². The molecule has 2 aromatic rings. The average Bonchev–Trinajstić information content (AvgIpc) is 2.73. The highest BCUT2D eigenvalue weighted by Crippen LogP contribution is 2.28. The zero-order chi connectivity index (χ0) is 14.9. The summed E-state index contributed by atoms with van der Waals surface area (Å²) in [7, 11) is 3.13. The van der Waals surface area contributed by atoms with E-state index in [1.807, 2.05) is 20.8 Å². The van der Waals surface area contributed by atoms with Crippen LogP contribution in [0.4, 0.5) is 0 Å². The SMILES string of the molecule is COc1ccc(OC)c(C(=O)c2[nH]c(C)c(C)c2C)c1. The van der Waals surface area contributed by atoms with Crippen molar-refractivity contribution < 1.29 is 14.3 Å². The summed E-state index contributed by atoms with van der Waals surface area (Å²) in [6.45, 7) is 5.90. The molecular weight excluding hydrogens is 254 g/mol. The quantitative estimate of drug-likeness (QED) is 0.870. The number of ketones is 1. The Morgan fingerprint density at radius 2 is 1.75 bits per heavy atom. The first kappa shape index (κ1) is 14.2. The van der Waals surface area contributed by atoms with Gasteiger partial charge in [0.25, 0.3) is 0 Å². The summed E-state index contributed by atoms with van der Waals surface area (Å²) in [6.07, 6.45) is 0. The van der Waals surface area contributed by atoms with Crippen LogP contribution in [0.15, 0.2) is 18.2 Å². The Labute approximate surface area is 118 Å². The third-order valence-electron chi connectivity index (χ3n) is 3.69. The predicted molar refractivity (Wildman–Crippen MR) is 78.0 cm³/mol. The van der Waals surface area contributed by atoms with Crippen molar-refractivity contribution in [1.82, 2.24) is 4.98 Å². The molecule has 0 radical (unpaired) electrons. The van der Waals surface area contributed by atoms with Crippen LogP contribution in [-0.2, 0) is 0 Å². The number of benzene rings is 1. The van der Waals surface area contributed by atoms with Gasteiger partial charge in [0.2, 0.25) is 5.78 Å². The highest BCUT2D eigenvalue weighted by molar-refractivity contribution is 6.11. The van der Waals surface area contributed by atoms with Crippen molar-refractivity contribution in [3.63, 3.8) is 0 Å². The number of aromatic nitrogens is 1. The van der Waals surface area contributed by atoms with E-state index < -0.39 is 0 Å². The summed E-state index contributed by atoms with van der Waals surface area (Å²) < 4.78 is 10.5. The molecule has 4 nitrogen and oxygen atoms in total. The monoisotopic (exact) mass is 273 g/mol. The average molecular weight is 273 g/mol. The topological polar surface area (TPSA) is 51.3 Å². The van der Waals surface area contributed by atoms with Crippen molar-refractivity contribution in [1.29, 1.82) is 0 Å². The predicted octanol–water partition coefficient (Wildman–Crippen LogP) is 3.19. The summed E-state index contributed by atoms with van der Waals surface area (Å²) in [4.78, 5) is 15.9. The fourth-order valence-corrected chi connectivity index (χ4v) is 2.20. The van der Waals surface area contributed by atoms with Gasteiger partial charge in [-0.3, -0.25) is 4.79 Å². The molecule has 0 aliphatic heterocycles. The van der Waals surface area contributed by atoms with Gasteiger partial charge in [0.1, 0.15) is 11.5 Å². The Bertz CT molecular complexity index is 656. The van der Waals surface area contributed by atoms with Gasteiger partial charge in [0.15, 0.2) is 0 Å². The second kappa shape index (κ2) is 5.41. The number of nitrogens with one attached hydrogen (secondary N) is 1. The summed E-state index contributed by atoms with van der Waals surface area (Å²) in [6, 6.07) is 5.21. The number of ether oxygens (including phenoxy) is 2. The van der Waals surface area contributed by atoms with Gasteiger partial charge < -0.3 is 14.5 Å². The lowest BCUT2D eigenvalue weighted by atomic mass is 10.0. The van der Waals surface area contributed by atoms with Crippen LogP contribution in [-0.4, -0.2) is 25.0 Å². The number of H-pyrrole nitrogens is 1. The highest BCUT2D eigenvalue weighted by atomic mass is 16.5. The van der Waals surface area contributed by atoms with Gasteiger partial charge in [-0.15, -0.1) is 0 Å². The Morgan fingerprint density at radius 3 is 2.25 bits per heavy atom. The summed E-state index contributed by atoms with van der Waals surface area (Å²) in [5, 5.41) is 0. The third-order valence-corrected chi connectivity index (χ3v) is 3.69. The molecule has 0 unspecified atom stereocenters. The molecule has 1 heterocycles. The molecule has 0 spiro atoms. The van der Waals surface area contributed by atoms with Gasteiger partial charge in [-0.2, -0.15) is 0 Å². The molecule has 0 atom stereocenters. The molecule has 0 saturated carbocycles. The van der Waals surface area contributed by atoms with E-state index in [2.05, 4.69) is 4.98 Å². The van der Waals surface area contributed by atoms with Crippen molar-refractivity contribution in [3.05, 3.63) is 46.3 Å². The van der Waals surface area contributed by atoms with Crippen LogP contribution in [0.25, 0.3) is 0 Å². The van der Waals surface area contributed by atoms with E-state index in [4.69, 9.17) is 9.47 Å². The van der Waals surface area contributed by atoms with Crippen molar-refractivity contribution in [3.8, 4) is 11.5 Å². The van der Waals surface area contributed by atoms with E-state index >= 15 is 0 Å². The maximum absolute atomic E-state index is 12.7. The van der Waals surface area contributed by atoms with Crippen LogP contribution in [0.3, 0.4) is 0 Å². The van der Waals surface area contributed by atoms with Crippen molar-refractivity contribution in [2.24, 2.45) is 0 Å². The van der Waals surface area contributed by atoms with E-state index in [1.165, 1.54) is 0 Å². The number of rotatable bonds is 4. The molecule has 0 bridgehead atoms. The molecule has 0 saturated heterocycles. The number of carbonyl (C=O) groups is 1. The zero-order valence-electron chi connectivity index (χ0n) is 12.5. The first-order chi connectivity index (χ1) is 9.49. The molecule has 0 amide bonds. The van der Waals surface area contributed by atoms with E-state index in [1.54, 1.807) is 32.4 Å². The van der Waals surface area contributed by atoms with E-state index in [0.29, 0.717) is 22.8 Å². The molecule has 20 heavy (non-hydrogen) atoms. The fraction of sp³-hybridized carbons (Fsp3) is 0.312. The smallest absolute Gasteiger partial charge is 0.213 e. The van der Waals surface area contributed by atoms with Gasteiger partial charge in [-0.05, 0) is 50.1 Å². The van der Waals surface area contributed by atoms with Gasteiger partial charge in [-0.25, -0.2) is 0 Å². The maximum atomic E-state index is 12.7. The minimum absolute atomic E-state index is 0.0885. The molecule has 106 valence electrons. The van der Waals surface area contributed by atoms with Crippen LogP contribution in [0.5, 0.6) is 11.5 Å². The molecule has 1 N–H and O–H groups in total. The van der Waals surface area contributed by atoms with Crippen LogP contribution in [0, 0.1) is 20.8 Å². The molecule has 1 aromatic carbocycles. The number of hydrogen-bond donors (Lipinski definition) is 1. The molecular formula is C16H19NO3. The van der Waals surface area contributed by atoms with Gasteiger partial charge >= 0.3 is 0 Å². The Hall–Kier alpha value is -2.23. The molecule has 4 heteroatoms. The largest absolute Gasteiger partial charge is 0.497 e. The van der Waals surface area contributed by atoms with Crippen LogP contribution < -0.4 is 9.47 Å². The molecule has 2 rings (SSSR count). The number of methoxy groups -OCH3 is 2. The summed E-state index contributed by atoms with van der Waals surface area (Å²) >= 11 is 0. The third kappa shape index (κ3) is 2.29. The Balaban J connectivity index is 2.54. The van der Waals surface area contributed by atoms with Crippen LogP contribution >= 0.6 is 0 Å². The van der Waals surface area contributed by atoms with E-state index in [-0.39, 0.29) is 5.78 Å². The van der Waals surface area contributed by atoms with Crippen molar-refractivity contribution in [2.45, 2.75) is 20.8 Å². The van der Waals surface area contributed by atoms with E-state index in [0.717, 1.165) is 16.8 Å². The lowest BCUT2D eigenvalue weighted by molar-refractivity contribution is 0.103.